The van der Waals surface area contributed by atoms with Crippen molar-refractivity contribution in [2.75, 3.05) is 0 Å². The van der Waals surface area contributed by atoms with E-state index in [9.17, 15) is 4.79 Å². The van der Waals surface area contributed by atoms with Crippen molar-refractivity contribution >= 4 is 21.2 Å². The zero-order valence-corrected chi connectivity index (χ0v) is 9.41. The Balaban J connectivity index is 3.74. The summed E-state index contributed by atoms with van der Waals surface area (Å²) in [6, 6.07) is 0. The van der Waals surface area contributed by atoms with Gasteiger partial charge < -0.3 is 0 Å². The van der Waals surface area contributed by atoms with Crippen LogP contribution in [0.15, 0.2) is 24.3 Å². The van der Waals surface area contributed by atoms with Gasteiger partial charge in [-0.3, -0.25) is 0 Å². The Bertz CT molecular complexity index is 161. The van der Waals surface area contributed by atoms with E-state index in [2.05, 4.69) is 24.9 Å². The van der Waals surface area contributed by atoms with Gasteiger partial charge >= 0.3 is 80.7 Å². The Hall–Kier alpha value is -0.331. The van der Waals surface area contributed by atoms with Crippen molar-refractivity contribution in [3.63, 3.8) is 0 Å². The van der Waals surface area contributed by atoms with Gasteiger partial charge in [-0.2, -0.15) is 0 Å². The van der Waals surface area contributed by atoms with Gasteiger partial charge in [0.1, 0.15) is 0 Å². The Morgan fingerprint density at radius 1 is 1.42 bits per heavy atom. The molecule has 0 heterocycles. The van der Waals surface area contributed by atoms with Crippen molar-refractivity contribution in [3.05, 3.63) is 24.3 Å². The van der Waals surface area contributed by atoms with Crippen molar-refractivity contribution < 1.29 is 4.79 Å². The standard InChI is InChI=1S/C10H16OSe/c1-3-4-5-7-10(12-2)8-6-9-11/h4-6,8-10H,3,7H2,1-2H3/b5-4-,8-6+. The quantitative estimate of drug-likeness (QED) is 0.297. The fraction of sp³-hybridized carbons (Fsp3) is 0.500. The van der Waals surface area contributed by atoms with Gasteiger partial charge in [0.2, 0.25) is 0 Å². The Kier molecular flexibility index (Phi) is 8.52. The molecule has 0 aliphatic carbocycles. The van der Waals surface area contributed by atoms with Gasteiger partial charge in [0.15, 0.2) is 0 Å². The van der Waals surface area contributed by atoms with Crippen LogP contribution in [-0.4, -0.2) is 21.2 Å². The second-order valence-electron chi connectivity index (χ2n) is 2.41. The van der Waals surface area contributed by atoms with Gasteiger partial charge in [0, 0.05) is 0 Å². The monoisotopic (exact) mass is 232 g/mol. The number of hydrogen-bond acceptors (Lipinski definition) is 1. The van der Waals surface area contributed by atoms with Crippen LogP contribution in [0.2, 0.25) is 10.6 Å². The molecule has 12 heavy (non-hydrogen) atoms. The van der Waals surface area contributed by atoms with Gasteiger partial charge in [-0.15, -0.1) is 0 Å². The van der Waals surface area contributed by atoms with Crippen molar-refractivity contribution in [1.82, 2.24) is 0 Å². The van der Waals surface area contributed by atoms with Crippen LogP contribution < -0.4 is 0 Å². The van der Waals surface area contributed by atoms with E-state index >= 15 is 0 Å². The van der Waals surface area contributed by atoms with Gasteiger partial charge in [-0.25, -0.2) is 0 Å². The van der Waals surface area contributed by atoms with Crippen LogP contribution >= 0.6 is 0 Å². The van der Waals surface area contributed by atoms with Crippen LogP contribution in [0.5, 0.6) is 0 Å². The number of rotatable bonds is 6. The maximum absolute atomic E-state index is 10.1. The average Bonchev–Trinajstić information content (AvgIpc) is 2.11. The maximum atomic E-state index is 10.1. The van der Waals surface area contributed by atoms with E-state index in [1.807, 2.05) is 6.08 Å². The normalized spacial score (nSPS) is 14.2. The van der Waals surface area contributed by atoms with E-state index in [0.717, 1.165) is 19.1 Å². The molecule has 0 saturated heterocycles. The molecule has 0 aromatic rings. The first-order valence-electron chi connectivity index (χ1n) is 4.14. The molecular weight excluding hydrogens is 215 g/mol. The summed E-state index contributed by atoms with van der Waals surface area (Å²) in [6.07, 6.45) is 11.0. The molecular formula is C10H16OSe. The van der Waals surface area contributed by atoms with Crippen LogP contribution in [0, 0.1) is 0 Å². The molecule has 68 valence electrons. The first-order valence-corrected chi connectivity index (χ1v) is 6.85. The first kappa shape index (κ1) is 11.7. The summed E-state index contributed by atoms with van der Waals surface area (Å²) in [5.74, 6) is 2.20. The number of hydrogen-bond donors (Lipinski definition) is 0. The Labute approximate surface area is 81.1 Å². The van der Waals surface area contributed by atoms with Crippen molar-refractivity contribution in [2.24, 2.45) is 0 Å². The van der Waals surface area contributed by atoms with Crippen LogP contribution in [0.4, 0.5) is 0 Å². The van der Waals surface area contributed by atoms with E-state index in [-0.39, 0.29) is 0 Å². The predicted octanol–water partition coefficient (Wildman–Crippen LogP) is 2.64. The molecule has 0 aliphatic heterocycles. The van der Waals surface area contributed by atoms with E-state index in [1.165, 1.54) is 0 Å². The zero-order chi connectivity index (χ0) is 9.23. The van der Waals surface area contributed by atoms with Crippen molar-refractivity contribution in [2.45, 2.75) is 30.4 Å². The molecule has 1 atom stereocenters. The molecule has 0 N–H and O–H groups in total. The molecule has 0 aromatic heterocycles. The molecule has 0 aliphatic rings. The van der Waals surface area contributed by atoms with E-state index in [4.69, 9.17) is 0 Å². The van der Waals surface area contributed by atoms with E-state index in [0.29, 0.717) is 19.8 Å². The third-order valence-corrected chi connectivity index (χ3v) is 3.48. The van der Waals surface area contributed by atoms with Gasteiger partial charge in [-0.05, 0) is 0 Å². The molecule has 1 nitrogen and oxygen atoms in total. The molecule has 0 fully saturated rings. The summed E-state index contributed by atoms with van der Waals surface area (Å²) in [5, 5.41) is 0. The molecule has 0 amide bonds. The second kappa shape index (κ2) is 8.76. The minimum absolute atomic E-state index is 0.588. The number of carbonyl (C=O) groups excluding carboxylic acids is 1. The number of carbonyl (C=O) groups is 1. The average molecular weight is 231 g/mol. The Morgan fingerprint density at radius 3 is 2.67 bits per heavy atom. The fourth-order valence-corrected chi connectivity index (χ4v) is 1.98. The Morgan fingerprint density at radius 2 is 2.17 bits per heavy atom. The van der Waals surface area contributed by atoms with Gasteiger partial charge in [-0.1, -0.05) is 0 Å². The molecule has 0 radical (unpaired) electrons. The summed E-state index contributed by atoms with van der Waals surface area (Å²) < 4.78 is 0. The predicted molar refractivity (Wildman–Crippen MR) is 54.6 cm³/mol. The summed E-state index contributed by atoms with van der Waals surface area (Å²) in [6.45, 7) is 2.13. The van der Waals surface area contributed by atoms with Gasteiger partial charge in [0.05, 0.1) is 0 Å². The van der Waals surface area contributed by atoms with E-state index in [1.54, 1.807) is 6.08 Å². The first-order chi connectivity index (χ1) is 5.85. The third-order valence-electron chi connectivity index (χ3n) is 1.48. The van der Waals surface area contributed by atoms with Crippen molar-refractivity contribution in [3.8, 4) is 0 Å². The summed E-state index contributed by atoms with van der Waals surface area (Å²) in [5.41, 5.74) is 0. The third kappa shape index (κ3) is 6.38. The molecule has 0 rings (SSSR count). The van der Waals surface area contributed by atoms with Crippen molar-refractivity contribution in [1.29, 1.82) is 0 Å². The number of aldehydes is 1. The topological polar surface area (TPSA) is 17.1 Å². The van der Waals surface area contributed by atoms with Crippen LogP contribution in [0.25, 0.3) is 0 Å². The molecule has 1 unspecified atom stereocenters. The summed E-state index contributed by atoms with van der Waals surface area (Å²) in [7, 11) is 0. The second-order valence-corrected chi connectivity index (χ2v) is 4.67. The number of allylic oxidation sites excluding steroid dienone is 4. The van der Waals surface area contributed by atoms with E-state index < -0.39 is 0 Å². The summed E-state index contributed by atoms with van der Waals surface area (Å²) in [4.78, 5) is 10.6. The minimum atomic E-state index is 0.588. The zero-order valence-electron chi connectivity index (χ0n) is 7.69. The van der Waals surface area contributed by atoms with Crippen LogP contribution in [-0.2, 0) is 4.79 Å². The molecule has 0 bridgehead atoms. The molecule has 0 aromatic carbocycles. The molecule has 0 spiro atoms. The molecule has 0 saturated carbocycles. The molecule has 2 heteroatoms. The summed E-state index contributed by atoms with van der Waals surface area (Å²) >= 11 is 0.595. The van der Waals surface area contributed by atoms with Crippen LogP contribution in [0.3, 0.4) is 0 Å². The van der Waals surface area contributed by atoms with Crippen LogP contribution in [0.1, 0.15) is 19.8 Å². The SMILES string of the molecule is CC/C=C\CC(/C=C/C=O)[Se]C. The fourth-order valence-electron chi connectivity index (χ4n) is 0.820. The van der Waals surface area contributed by atoms with Gasteiger partial charge in [0.25, 0.3) is 0 Å².